The van der Waals surface area contributed by atoms with Crippen LogP contribution < -0.4 is 5.73 Å². The zero-order valence-corrected chi connectivity index (χ0v) is 11.6. The van der Waals surface area contributed by atoms with Crippen molar-refractivity contribution in [1.29, 1.82) is 0 Å². The van der Waals surface area contributed by atoms with Crippen LogP contribution in [-0.4, -0.2) is 25.7 Å². The number of hydrogen-bond acceptors (Lipinski definition) is 5. The van der Waals surface area contributed by atoms with Gasteiger partial charge in [-0.05, 0) is 24.2 Å². The predicted octanol–water partition coefficient (Wildman–Crippen LogP) is 1.58. The van der Waals surface area contributed by atoms with Gasteiger partial charge in [-0.3, -0.25) is 4.79 Å². The number of Topliss-reactive ketones (excluding diaryl/α,β-unsaturated/α-hetero) is 1. The summed E-state index contributed by atoms with van der Waals surface area (Å²) in [5, 5.41) is 0. The van der Waals surface area contributed by atoms with Crippen LogP contribution in [0.2, 0.25) is 0 Å². The second-order valence-electron chi connectivity index (χ2n) is 6.54. The highest BCUT2D eigenvalue weighted by atomic mass is 16.1. The van der Waals surface area contributed by atoms with Crippen molar-refractivity contribution in [3.05, 3.63) is 12.0 Å². The molecule has 0 radical (unpaired) electrons. The van der Waals surface area contributed by atoms with Crippen LogP contribution >= 0.6 is 0 Å². The van der Waals surface area contributed by atoms with E-state index in [1.54, 1.807) is 6.20 Å². The van der Waals surface area contributed by atoms with Gasteiger partial charge < -0.3 is 10.7 Å². The fraction of sp³-hybridized carbons (Fsp3) is 0.571. The second-order valence-corrected chi connectivity index (χ2v) is 6.54. The van der Waals surface area contributed by atoms with Gasteiger partial charge in [0, 0.05) is 6.42 Å². The summed E-state index contributed by atoms with van der Waals surface area (Å²) < 4.78 is 0. The van der Waals surface area contributed by atoms with Crippen molar-refractivity contribution in [2.45, 2.75) is 38.5 Å². The maximum atomic E-state index is 12.6. The summed E-state index contributed by atoms with van der Waals surface area (Å²) in [7, 11) is 0. The molecule has 0 amide bonds. The molecule has 2 atom stereocenters. The Hall–Kier alpha value is -1.98. The minimum atomic E-state index is -0.493. The van der Waals surface area contributed by atoms with Crippen LogP contribution in [0.1, 0.15) is 38.9 Å². The Kier molecular flexibility index (Phi) is 1.99. The fourth-order valence-electron chi connectivity index (χ4n) is 4.25. The molecule has 2 aromatic rings. The molecule has 20 heavy (non-hydrogen) atoms. The maximum Gasteiger partial charge on any atom is 0.222 e. The number of nitrogen functional groups attached to an aromatic ring is 1. The molecular formula is C14H17N5O. The summed E-state index contributed by atoms with van der Waals surface area (Å²) in [6, 6.07) is 0. The van der Waals surface area contributed by atoms with Gasteiger partial charge in [0.2, 0.25) is 5.95 Å². The van der Waals surface area contributed by atoms with E-state index in [0.29, 0.717) is 23.8 Å². The minimum absolute atomic E-state index is 0.0586. The third kappa shape index (κ3) is 1.15. The number of carbonyl (C=O) groups is 1. The van der Waals surface area contributed by atoms with Crippen molar-refractivity contribution < 1.29 is 4.79 Å². The molecule has 0 aliphatic heterocycles. The van der Waals surface area contributed by atoms with Crippen molar-refractivity contribution in [2.24, 2.45) is 11.3 Å². The molecule has 2 bridgehead atoms. The summed E-state index contributed by atoms with van der Waals surface area (Å²) in [6.07, 6.45) is 4.25. The highest BCUT2D eigenvalue weighted by Gasteiger charge is 2.66. The van der Waals surface area contributed by atoms with Gasteiger partial charge in [0.25, 0.3) is 0 Å². The van der Waals surface area contributed by atoms with Crippen molar-refractivity contribution in [1.82, 2.24) is 19.9 Å². The number of ketones is 1. The molecule has 3 N–H and O–H groups in total. The molecule has 4 rings (SSSR count). The molecular weight excluding hydrogens is 254 g/mol. The van der Waals surface area contributed by atoms with Crippen LogP contribution in [0, 0.1) is 11.3 Å². The highest BCUT2D eigenvalue weighted by Crippen LogP contribution is 2.63. The Labute approximate surface area is 116 Å². The Morgan fingerprint density at radius 1 is 1.40 bits per heavy atom. The number of nitrogens with zero attached hydrogens (tertiary/aromatic N) is 3. The number of hydrogen-bond donors (Lipinski definition) is 2. The largest absolute Gasteiger partial charge is 0.368 e. The van der Waals surface area contributed by atoms with E-state index >= 15 is 0 Å². The molecule has 0 spiro atoms. The standard InChI is InChI=1S/C14H17N5O/c1-13(2)7-3-4-14(13,9(20)5-7)11-17-8-6-16-12(15)19-10(8)18-11/h6-7H,3-5H2,1-2H3,(H3,15,16,17,18,19). The van der Waals surface area contributed by atoms with Gasteiger partial charge >= 0.3 is 0 Å². The lowest BCUT2D eigenvalue weighted by atomic mass is 9.68. The molecule has 0 aromatic carbocycles. The molecule has 6 nitrogen and oxygen atoms in total. The summed E-state index contributed by atoms with van der Waals surface area (Å²) in [5.41, 5.74) is 6.33. The van der Waals surface area contributed by atoms with E-state index in [-0.39, 0.29) is 11.4 Å². The zero-order chi connectivity index (χ0) is 14.1. The number of fused-ring (bicyclic) bond motifs is 3. The summed E-state index contributed by atoms with van der Waals surface area (Å²) in [6.45, 7) is 4.37. The molecule has 6 heteroatoms. The average molecular weight is 271 g/mol. The molecule has 2 aliphatic carbocycles. The van der Waals surface area contributed by atoms with Crippen LogP contribution in [0.4, 0.5) is 5.95 Å². The van der Waals surface area contributed by atoms with Gasteiger partial charge in [0.15, 0.2) is 5.65 Å². The highest BCUT2D eigenvalue weighted by molar-refractivity contribution is 5.94. The normalized spacial score (nSPS) is 31.3. The van der Waals surface area contributed by atoms with Crippen LogP contribution in [0.15, 0.2) is 6.20 Å². The molecule has 2 saturated carbocycles. The van der Waals surface area contributed by atoms with Gasteiger partial charge in [0.1, 0.15) is 17.1 Å². The van der Waals surface area contributed by atoms with E-state index in [0.717, 1.165) is 24.2 Å². The van der Waals surface area contributed by atoms with E-state index in [4.69, 9.17) is 5.73 Å². The Balaban J connectivity index is 1.95. The number of nitrogens with one attached hydrogen (secondary N) is 1. The van der Waals surface area contributed by atoms with Crippen molar-refractivity contribution in [3.63, 3.8) is 0 Å². The topological polar surface area (TPSA) is 97.5 Å². The number of aromatic amines is 1. The van der Waals surface area contributed by atoms with Crippen molar-refractivity contribution in [2.75, 3.05) is 5.73 Å². The third-order valence-corrected chi connectivity index (χ3v) is 5.56. The fourth-order valence-corrected chi connectivity index (χ4v) is 4.25. The van der Waals surface area contributed by atoms with E-state index in [1.807, 2.05) is 0 Å². The van der Waals surface area contributed by atoms with E-state index in [2.05, 4.69) is 33.8 Å². The summed E-state index contributed by atoms with van der Waals surface area (Å²) in [5.74, 6) is 1.70. The monoisotopic (exact) mass is 271 g/mol. The van der Waals surface area contributed by atoms with Gasteiger partial charge in [0.05, 0.1) is 11.6 Å². The Morgan fingerprint density at radius 3 is 2.85 bits per heavy atom. The van der Waals surface area contributed by atoms with Crippen LogP contribution in [-0.2, 0) is 10.2 Å². The lowest BCUT2D eigenvalue weighted by molar-refractivity contribution is -0.124. The maximum absolute atomic E-state index is 12.6. The zero-order valence-electron chi connectivity index (χ0n) is 11.6. The third-order valence-electron chi connectivity index (χ3n) is 5.56. The smallest absolute Gasteiger partial charge is 0.222 e. The number of imidazole rings is 1. The molecule has 2 aromatic heterocycles. The van der Waals surface area contributed by atoms with E-state index in [9.17, 15) is 4.79 Å². The molecule has 2 aliphatic rings. The Bertz CT molecular complexity index is 734. The SMILES string of the molecule is CC1(C)C2CCC1(c1nc3nc(N)ncc3[nH]1)C(=O)C2. The van der Waals surface area contributed by atoms with Gasteiger partial charge in [-0.2, -0.15) is 4.98 Å². The van der Waals surface area contributed by atoms with Crippen molar-refractivity contribution in [3.8, 4) is 0 Å². The molecule has 2 fully saturated rings. The first-order valence-corrected chi connectivity index (χ1v) is 6.97. The van der Waals surface area contributed by atoms with Crippen molar-refractivity contribution >= 4 is 22.9 Å². The van der Waals surface area contributed by atoms with Crippen LogP contribution in [0.25, 0.3) is 11.2 Å². The quantitative estimate of drug-likeness (QED) is 0.820. The van der Waals surface area contributed by atoms with Gasteiger partial charge in [-0.15, -0.1) is 0 Å². The number of rotatable bonds is 1. The summed E-state index contributed by atoms with van der Waals surface area (Å²) in [4.78, 5) is 28.5. The Morgan fingerprint density at radius 2 is 2.20 bits per heavy atom. The lowest BCUT2D eigenvalue weighted by Gasteiger charge is -2.34. The number of H-pyrrole nitrogens is 1. The second kappa shape index (κ2) is 3.37. The van der Waals surface area contributed by atoms with E-state index in [1.165, 1.54) is 0 Å². The molecule has 2 unspecified atom stereocenters. The first-order valence-electron chi connectivity index (χ1n) is 6.97. The van der Waals surface area contributed by atoms with Crippen LogP contribution in [0.5, 0.6) is 0 Å². The molecule has 2 heterocycles. The predicted molar refractivity (Wildman–Crippen MR) is 73.9 cm³/mol. The first-order chi connectivity index (χ1) is 9.45. The number of aromatic nitrogens is 4. The van der Waals surface area contributed by atoms with Crippen LogP contribution in [0.3, 0.4) is 0 Å². The molecule has 104 valence electrons. The van der Waals surface area contributed by atoms with Gasteiger partial charge in [-0.1, -0.05) is 13.8 Å². The summed E-state index contributed by atoms with van der Waals surface area (Å²) >= 11 is 0. The number of anilines is 1. The number of carbonyl (C=O) groups excluding carboxylic acids is 1. The molecule has 0 saturated heterocycles. The van der Waals surface area contributed by atoms with E-state index < -0.39 is 5.41 Å². The number of nitrogens with two attached hydrogens (primary N) is 1. The minimum Gasteiger partial charge on any atom is -0.368 e. The van der Waals surface area contributed by atoms with Gasteiger partial charge in [-0.25, -0.2) is 9.97 Å². The first kappa shape index (κ1) is 11.8. The lowest BCUT2D eigenvalue weighted by Crippen LogP contribution is -2.41. The average Bonchev–Trinajstić information content (AvgIpc) is 2.96.